The summed E-state index contributed by atoms with van der Waals surface area (Å²) in [6, 6.07) is 4.11. The molecule has 1 saturated carbocycles. The van der Waals surface area contributed by atoms with Crippen molar-refractivity contribution < 1.29 is 4.79 Å². The summed E-state index contributed by atoms with van der Waals surface area (Å²) in [7, 11) is 0. The number of pyridine rings is 1. The van der Waals surface area contributed by atoms with Gasteiger partial charge < -0.3 is 14.8 Å². The maximum Gasteiger partial charge on any atom is 0.274 e. The Labute approximate surface area is 174 Å². The van der Waals surface area contributed by atoms with Gasteiger partial charge in [0.15, 0.2) is 0 Å². The maximum atomic E-state index is 13.1. The number of likely N-dealkylation sites (tertiary alicyclic amines) is 1. The van der Waals surface area contributed by atoms with Crippen LogP contribution >= 0.6 is 0 Å². The number of hydrogen-bond acceptors (Lipinski definition) is 3. The zero-order chi connectivity index (χ0) is 20.6. The van der Waals surface area contributed by atoms with Gasteiger partial charge in [-0.25, -0.2) is 0 Å². The number of nitrogens with zero attached hydrogens (tertiary/aromatic N) is 2. The third-order valence-electron chi connectivity index (χ3n) is 6.94. The van der Waals surface area contributed by atoms with Crippen molar-refractivity contribution in [1.29, 1.82) is 0 Å². The molecule has 160 valence electrons. The molecule has 1 aromatic heterocycles. The molecule has 1 aliphatic carbocycles. The molecule has 1 N–H and O–H groups in total. The molecule has 29 heavy (non-hydrogen) atoms. The lowest BCUT2D eigenvalue weighted by Gasteiger charge is -2.43. The van der Waals surface area contributed by atoms with Gasteiger partial charge in [0.25, 0.3) is 5.56 Å². The molecule has 2 fully saturated rings. The van der Waals surface area contributed by atoms with Crippen LogP contribution in [0.25, 0.3) is 0 Å². The number of amides is 1. The first-order chi connectivity index (χ1) is 13.8. The number of carbonyl (C=O) groups excluding carboxylic acids is 1. The summed E-state index contributed by atoms with van der Waals surface area (Å²) in [6.07, 6.45) is 8.24. The molecule has 3 aliphatic rings. The van der Waals surface area contributed by atoms with Crippen molar-refractivity contribution in [2.24, 2.45) is 17.3 Å². The standard InChI is InChI=1S/C24H37N3O2/c1-24(2,3)12-22(28)26-14-18-11-19(16-26)21-10-9-20(23(29)27(21)15-18)25-13-17-7-5-4-6-8-17/h9-10,17-19,25H,4-8,11-16H2,1-3H3/t18-,19-/m1/s1. The van der Waals surface area contributed by atoms with E-state index in [2.05, 4.69) is 32.2 Å². The van der Waals surface area contributed by atoms with Gasteiger partial charge in [-0.3, -0.25) is 9.59 Å². The molecule has 1 saturated heterocycles. The van der Waals surface area contributed by atoms with Crippen LogP contribution in [0.2, 0.25) is 0 Å². The van der Waals surface area contributed by atoms with Crippen LogP contribution in [0.15, 0.2) is 16.9 Å². The van der Waals surface area contributed by atoms with Gasteiger partial charge in [0.1, 0.15) is 5.69 Å². The van der Waals surface area contributed by atoms with Gasteiger partial charge in [-0.05, 0) is 48.6 Å². The Morgan fingerprint density at radius 3 is 2.59 bits per heavy atom. The van der Waals surface area contributed by atoms with Crippen molar-refractivity contribution in [1.82, 2.24) is 9.47 Å². The van der Waals surface area contributed by atoms with Crippen molar-refractivity contribution in [2.45, 2.75) is 78.2 Å². The highest BCUT2D eigenvalue weighted by atomic mass is 16.2. The molecule has 2 atom stereocenters. The molecule has 3 heterocycles. The third kappa shape index (κ3) is 4.70. The van der Waals surface area contributed by atoms with Crippen LogP contribution in [0.5, 0.6) is 0 Å². The zero-order valence-electron chi connectivity index (χ0n) is 18.4. The highest BCUT2D eigenvalue weighted by molar-refractivity contribution is 5.77. The average Bonchev–Trinajstić information content (AvgIpc) is 2.67. The lowest BCUT2D eigenvalue weighted by molar-refractivity contribution is -0.135. The molecule has 0 unspecified atom stereocenters. The van der Waals surface area contributed by atoms with E-state index in [1.165, 1.54) is 32.1 Å². The van der Waals surface area contributed by atoms with Crippen molar-refractivity contribution in [3.63, 3.8) is 0 Å². The Balaban J connectivity index is 1.46. The third-order valence-corrected chi connectivity index (χ3v) is 6.94. The molecule has 1 aromatic rings. The van der Waals surface area contributed by atoms with E-state index in [0.717, 1.165) is 44.0 Å². The summed E-state index contributed by atoms with van der Waals surface area (Å²) in [5.41, 5.74) is 2.00. The van der Waals surface area contributed by atoms with Gasteiger partial charge in [-0.2, -0.15) is 0 Å². The Kier molecular flexibility index (Phi) is 5.76. The molecule has 2 aliphatic heterocycles. The molecule has 0 aromatic carbocycles. The van der Waals surface area contributed by atoms with E-state index in [0.29, 0.717) is 18.3 Å². The smallest absolute Gasteiger partial charge is 0.274 e. The van der Waals surface area contributed by atoms with Gasteiger partial charge in [0, 0.05) is 44.2 Å². The van der Waals surface area contributed by atoms with Gasteiger partial charge in [0.2, 0.25) is 5.91 Å². The minimum atomic E-state index is 0.0113. The van der Waals surface area contributed by atoms with Crippen molar-refractivity contribution in [3.05, 3.63) is 28.2 Å². The molecule has 5 nitrogen and oxygen atoms in total. The predicted molar refractivity (Wildman–Crippen MR) is 117 cm³/mol. The first-order valence-electron chi connectivity index (χ1n) is 11.6. The summed E-state index contributed by atoms with van der Waals surface area (Å²) < 4.78 is 1.99. The molecule has 4 rings (SSSR count). The summed E-state index contributed by atoms with van der Waals surface area (Å²) in [6.45, 7) is 9.54. The molecule has 0 spiro atoms. The Morgan fingerprint density at radius 2 is 1.86 bits per heavy atom. The van der Waals surface area contributed by atoms with E-state index in [4.69, 9.17) is 0 Å². The van der Waals surface area contributed by atoms with Crippen LogP contribution < -0.4 is 10.9 Å². The van der Waals surface area contributed by atoms with Crippen LogP contribution in [-0.4, -0.2) is 35.0 Å². The molecule has 5 heteroatoms. The first kappa shape index (κ1) is 20.5. The number of rotatable bonds is 4. The van der Waals surface area contributed by atoms with E-state index >= 15 is 0 Å². The van der Waals surface area contributed by atoms with Crippen molar-refractivity contribution in [2.75, 3.05) is 25.0 Å². The van der Waals surface area contributed by atoms with Gasteiger partial charge >= 0.3 is 0 Å². The van der Waals surface area contributed by atoms with Crippen LogP contribution in [0.1, 0.15) is 77.3 Å². The monoisotopic (exact) mass is 399 g/mol. The summed E-state index contributed by atoms with van der Waals surface area (Å²) in [5, 5.41) is 3.45. The van der Waals surface area contributed by atoms with E-state index in [-0.39, 0.29) is 22.8 Å². The number of fused-ring (bicyclic) bond motifs is 4. The number of carbonyl (C=O) groups is 1. The van der Waals surface area contributed by atoms with E-state index in [1.807, 2.05) is 15.5 Å². The molecule has 1 amide bonds. The van der Waals surface area contributed by atoms with E-state index in [9.17, 15) is 9.59 Å². The van der Waals surface area contributed by atoms with Gasteiger partial charge in [-0.1, -0.05) is 40.0 Å². The Hall–Kier alpha value is -1.78. The van der Waals surface area contributed by atoms with Gasteiger partial charge in [0.05, 0.1) is 0 Å². The second kappa shape index (κ2) is 8.16. The second-order valence-electron chi connectivity index (χ2n) is 10.8. The fourth-order valence-electron chi connectivity index (χ4n) is 5.50. The molecular weight excluding hydrogens is 362 g/mol. The SMILES string of the molecule is CC(C)(C)CC(=O)N1C[C@H]2C[C@H](C1)c1ccc(NCC3CCCCC3)c(=O)n1C2. The topological polar surface area (TPSA) is 54.3 Å². The van der Waals surface area contributed by atoms with E-state index < -0.39 is 0 Å². The minimum Gasteiger partial charge on any atom is -0.380 e. The molecule has 2 bridgehead atoms. The van der Waals surface area contributed by atoms with Crippen LogP contribution in [0.3, 0.4) is 0 Å². The Bertz CT molecular complexity index is 801. The first-order valence-corrected chi connectivity index (χ1v) is 11.6. The maximum absolute atomic E-state index is 13.1. The van der Waals surface area contributed by atoms with Crippen LogP contribution in [-0.2, 0) is 11.3 Å². The number of nitrogens with one attached hydrogen (secondary N) is 1. The number of piperidine rings is 1. The molecule has 0 radical (unpaired) electrons. The predicted octanol–water partition coefficient (Wildman–Crippen LogP) is 4.22. The molecular formula is C24H37N3O2. The average molecular weight is 400 g/mol. The quantitative estimate of drug-likeness (QED) is 0.825. The summed E-state index contributed by atoms with van der Waals surface area (Å²) in [5.74, 6) is 1.63. The number of anilines is 1. The minimum absolute atomic E-state index is 0.0113. The second-order valence-corrected chi connectivity index (χ2v) is 10.8. The van der Waals surface area contributed by atoms with Gasteiger partial charge in [-0.15, -0.1) is 0 Å². The normalized spacial score (nSPS) is 24.9. The summed E-state index contributed by atoms with van der Waals surface area (Å²) >= 11 is 0. The lowest BCUT2D eigenvalue weighted by atomic mass is 9.82. The van der Waals surface area contributed by atoms with Crippen molar-refractivity contribution in [3.8, 4) is 0 Å². The largest absolute Gasteiger partial charge is 0.380 e. The highest BCUT2D eigenvalue weighted by Crippen LogP contribution is 2.36. The lowest BCUT2D eigenvalue weighted by Crippen LogP contribution is -2.49. The van der Waals surface area contributed by atoms with Crippen LogP contribution in [0, 0.1) is 17.3 Å². The highest BCUT2D eigenvalue weighted by Gasteiger charge is 2.37. The van der Waals surface area contributed by atoms with Crippen molar-refractivity contribution >= 4 is 11.6 Å². The number of aromatic nitrogens is 1. The fraction of sp³-hybridized carbons (Fsp3) is 0.750. The zero-order valence-corrected chi connectivity index (χ0v) is 18.4. The Morgan fingerprint density at radius 1 is 1.10 bits per heavy atom. The summed E-state index contributed by atoms with van der Waals surface area (Å²) in [4.78, 5) is 28.0. The number of hydrogen-bond donors (Lipinski definition) is 1. The van der Waals surface area contributed by atoms with E-state index in [1.54, 1.807) is 0 Å². The fourth-order valence-corrected chi connectivity index (χ4v) is 5.50. The van der Waals surface area contributed by atoms with Crippen LogP contribution in [0.4, 0.5) is 5.69 Å².